The molecule has 0 amide bonds. The summed E-state index contributed by atoms with van der Waals surface area (Å²) in [6, 6.07) is 4.32. The molecule has 2 unspecified atom stereocenters. The van der Waals surface area contributed by atoms with Crippen LogP contribution in [0.15, 0.2) is 12.1 Å². The van der Waals surface area contributed by atoms with Gasteiger partial charge in [-0.3, -0.25) is 5.84 Å². The van der Waals surface area contributed by atoms with E-state index in [2.05, 4.69) is 38.3 Å². The van der Waals surface area contributed by atoms with Crippen molar-refractivity contribution in [1.82, 2.24) is 5.43 Å². The van der Waals surface area contributed by atoms with Crippen LogP contribution in [0.25, 0.3) is 0 Å². The van der Waals surface area contributed by atoms with Crippen LogP contribution in [0.5, 0.6) is 0 Å². The maximum atomic E-state index is 5.78. The zero-order valence-corrected chi connectivity index (χ0v) is 11.3. The molecule has 3 nitrogen and oxygen atoms in total. The minimum atomic E-state index is 0.0821. The lowest BCUT2D eigenvalue weighted by Gasteiger charge is -2.28. The molecule has 0 aromatic carbocycles. The second-order valence-electron chi connectivity index (χ2n) is 4.26. The molecule has 1 aromatic heterocycles. The van der Waals surface area contributed by atoms with Crippen LogP contribution in [-0.4, -0.2) is 12.7 Å². The number of aryl methyl sites for hydroxylation is 1. The van der Waals surface area contributed by atoms with E-state index in [4.69, 9.17) is 10.6 Å². The maximum absolute atomic E-state index is 5.78. The minimum Gasteiger partial charge on any atom is -0.376 e. The van der Waals surface area contributed by atoms with Gasteiger partial charge in [0, 0.05) is 16.4 Å². The smallest absolute Gasteiger partial charge is 0.0817 e. The Kier molecular flexibility index (Phi) is 5.41. The van der Waals surface area contributed by atoms with Gasteiger partial charge in [0.2, 0.25) is 0 Å². The summed E-state index contributed by atoms with van der Waals surface area (Å²) < 4.78 is 5.78. The second kappa shape index (κ2) is 6.35. The number of hydrazine groups is 1. The number of hydrogen-bond acceptors (Lipinski definition) is 4. The van der Waals surface area contributed by atoms with Gasteiger partial charge in [-0.15, -0.1) is 11.3 Å². The fourth-order valence-electron chi connectivity index (χ4n) is 1.83. The first-order chi connectivity index (χ1) is 7.60. The van der Waals surface area contributed by atoms with Crippen LogP contribution in [0.3, 0.4) is 0 Å². The molecule has 1 heterocycles. The standard InChI is InChI=1S/C12H22N2OS/c1-5-15-12(8(2)3)11(14-13)10-7-6-9(4)16-10/h6-8,11-12,14H,5,13H2,1-4H3. The highest BCUT2D eigenvalue weighted by Gasteiger charge is 2.26. The quantitative estimate of drug-likeness (QED) is 0.595. The molecule has 0 aliphatic carbocycles. The van der Waals surface area contributed by atoms with Crippen LogP contribution in [0.1, 0.15) is 36.6 Å². The molecule has 3 N–H and O–H groups in total. The Morgan fingerprint density at radius 2 is 2.12 bits per heavy atom. The Morgan fingerprint density at radius 3 is 2.50 bits per heavy atom. The molecule has 0 saturated heterocycles. The van der Waals surface area contributed by atoms with Gasteiger partial charge in [-0.05, 0) is 31.9 Å². The predicted octanol–water partition coefficient (Wildman–Crippen LogP) is 2.62. The van der Waals surface area contributed by atoms with Gasteiger partial charge >= 0.3 is 0 Å². The number of rotatable bonds is 6. The van der Waals surface area contributed by atoms with Gasteiger partial charge in [-0.1, -0.05) is 13.8 Å². The van der Waals surface area contributed by atoms with Crippen molar-refractivity contribution in [3.8, 4) is 0 Å². The third-order valence-electron chi connectivity index (χ3n) is 2.59. The van der Waals surface area contributed by atoms with Gasteiger partial charge in [0.05, 0.1) is 12.1 Å². The molecule has 0 spiro atoms. The van der Waals surface area contributed by atoms with Crippen LogP contribution in [0, 0.1) is 12.8 Å². The van der Waals surface area contributed by atoms with E-state index in [1.54, 1.807) is 11.3 Å². The fraction of sp³-hybridized carbons (Fsp3) is 0.667. The van der Waals surface area contributed by atoms with Crippen molar-refractivity contribution in [3.63, 3.8) is 0 Å². The molecule has 0 radical (unpaired) electrons. The van der Waals surface area contributed by atoms with Crippen molar-refractivity contribution in [3.05, 3.63) is 21.9 Å². The minimum absolute atomic E-state index is 0.0821. The van der Waals surface area contributed by atoms with Gasteiger partial charge in [0.25, 0.3) is 0 Å². The van der Waals surface area contributed by atoms with Crippen molar-refractivity contribution in [2.75, 3.05) is 6.61 Å². The Labute approximate surface area is 102 Å². The molecular weight excluding hydrogens is 220 g/mol. The van der Waals surface area contributed by atoms with Gasteiger partial charge in [-0.2, -0.15) is 0 Å². The highest BCUT2D eigenvalue weighted by molar-refractivity contribution is 7.12. The molecule has 2 atom stereocenters. The summed E-state index contributed by atoms with van der Waals surface area (Å²) in [6.45, 7) is 9.15. The van der Waals surface area contributed by atoms with Crippen molar-refractivity contribution in [2.24, 2.45) is 11.8 Å². The normalized spacial score (nSPS) is 15.4. The van der Waals surface area contributed by atoms with E-state index in [1.807, 2.05) is 6.92 Å². The lowest BCUT2D eigenvalue weighted by Crippen LogP contribution is -2.40. The molecule has 0 fully saturated rings. The Hall–Kier alpha value is -0.420. The average Bonchev–Trinajstić information content (AvgIpc) is 2.64. The summed E-state index contributed by atoms with van der Waals surface area (Å²) in [7, 11) is 0. The summed E-state index contributed by atoms with van der Waals surface area (Å²) in [5.41, 5.74) is 2.88. The summed E-state index contributed by atoms with van der Waals surface area (Å²) in [4.78, 5) is 2.54. The van der Waals surface area contributed by atoms with Crippen LogP contribution in [0.2, 0.25) is 0 Å². The first-order valence-electron chi connectivity index (χ1n) is 5.74. The molecule has 1 aromatic rings. The molecule has 0 aliphatic heterocycles. The van der Waals surface area contributed by atoms with Crippen molar-refractivity contribution < 1.29 is 4.74 Å². The Morgan fingerprint density at radius 1 is 1.44 bits per heavy atom. The Balaban J connectivity index is 2.85. The lowest BCUT2D eigenvalue weighted by atomic mass is 9.98. The van der Waals surface area contributed by atoms with E-state index in [-0.39, 0.29) is 12.1 Å². The predicted molar refractivity (Wildman–Crippen MR) is 69.4 cm³/mol. The number of thiophene rings is 1. The number of nitrogens with two attached hydrogens (primary N) is 1. The largest absolute Gasteiger partial charge is 0.376 e. The molecule has 1 rings (SSSR count). The van der Waals surface area contributed by atoms with Crippen LogP contribution < -0.4 is 11.3 Å². The van der Waals surface area contributed by atoms with E-state index >= 15 is 0 Å². The van der Waals surface area contributed by atoms with Gasteiger partial charge < -0.3 is 4.74 Å². The molecule has 0 aliphatic rings. The first-order valence-corrected chi connectivity index (χ1v) is 6.55. The van der Waals surface area contributed by atoms with Crippen LogP contribution in [-0.2, 0) is 4.74 Å². The third-order valence-corrected chi connectivity index (χ3v) is 3.68. The zero-order chi connectivity index (χ0) is 12.1. The molecule has 0 saturated carbocycles. The van der Waals surface area contributed by atoms with E-state index in [1.165, 1.54) is 9.75 Å². The van der Waals surface area contributed by atoms with E-state index in [0.29, 0.717) is 12.5 Å². The number of hydrogen-bond donors (Lipinski definition) is 2. The molecule has 16 heavy (non-hydrogen) atoms. The van der Waals surface area contributed by atoms with Gasteiger partial charge in [0.15, 0.2) is 0 Å². The van der Waals surface area contributed by atoms with Crippen molar-refractivity contribution in [2.45, 2.75) is 39.8 Å². The molecule has 92 valence electrons. The van der Waals surface area contributed by atoms with E-state index < -0.39 is 0 Å². The van der Waals surface area contributed by atoms with Gasteiger partial charge in [0.1, 0.15) is 0 Å². The van der Waals surface area contributed by atoms with E-state index in [9.17, 15) is 0 Å². The topological polar surface area (TPSA) is 47.3 Å². The van der Waals surface area contributed by atoms with E-state index in [0.717, 1.165) is 0 Å². The van der Waals surface area contributed by atoms with Crippen molar-refractivity contribution >= 4 is 11.3 Å². The summed E-state index contributed by atoms with van der Waals surface area (Å²) in [5.74, 6) is 6.09. The molecule has 0 bridgehead atoms. The maximum Gasteiger partial charge on any atom is 0.0817 e. The summed E-state index contributed by atoms with van der Waals surface area (Å²) in [6.07, 6.45) is 0.119. The number of nitrogens with one attached hydrogen (secondary N) is 1. The third kappa shape index (κ3) is 3.28. The molecular formula is C12H22N2OS. The zero-order valence-electron chi connectivity index (χ0n) is 10.5. The molecule has 4 heteroatoms. The SMILES string of the molecule is CCOC(C(C)C)C(NN)c1ccc(C)s1. The summed E-state index contributed by atoms with van der Waals surface area (Å²) >= 11 is 1.77. The monoisotopic (exact) mass is 242 g/mol. The summed E-state index contributed by atoms with van der Waals surface area (Å²) in [5, 5.41) is 0. The highest BCUT2D eigenvalue weighted by Crippen LogP contribution is 2.29. The fourth-order valence-corrected chi connectivity index (χ4v) is 2.80. The van der Waals surface area contributed by atoms with Crippen LogP contribution >= 0.6 is 11.3 Å². The van der Waals surface area contributed by atoms with Crippen molar-refractivity contribution in [1.29, 1.82) is 0 Å². The second-order valence-corrected chi connectivity index (χ2v) is 5.58. The highest BCUT2D eigenvalue weighted by atomic mass is 32.1. The Bertz CT molecular complexity index is 312. The lowest BCUT2D eigenvalue weighted by molar-refractivity contribution is 0.00362. The van der Waals surface area contributed by atoms with Crippen LogP contribution in [0.4, 0.5) is 0 Å². The number of ether oxygens (including phenoxy) is 1. The average molecular weight is 242 g/mol. The first kappa shape index (κ1) is 13.6. The van der Waals surface area contributed by atoms with Gasteiger partial charge in [-0.25, -0.2) is 5.43 Å².